The van der Waals surface area contributed by atoms with E-state index in [-0.39, 0.29) is 12.5 Å². The Morgan fingerprint density at radius 1 is 1.19 bits per heavy atom. The van der Waals surface area contributed by atoms with Gasteiger partial charge in [-0.05, 0) is 37.1 Å². The van der Waals surface area contributed by atoms with Gasteiger partial charge >= 0.3 is 5.97 Å². The number of hydrogen-bond donors (Lipinski definition) is 2. The minimum absolute atomic E-state index is 0.151. The molecule has 1 fully saturated rings. The zero-order chi connectivity index (χ0) is 18.5. The average Bonchev–Trinajstić information content (AvgIpc) is 2.68. The standard InChI is InChI=1S/C20H22N2O4/c1-26-16-8-4-7-15(12-16)21-18-10-3-2-9-17(18)19(23)22-11-5-6-14(13-22)20(24)25/h2-4,7-10,12,14,21H,5-6,11,13H2,1H3,(H,24,25)/t14-/m0/s1. The van der Waals surface area contributed by atoms with Crippen molar-refractivity contribution < 1.29 is 19.4 Å². The summed E-state index contributed by atoms with van der Waals surface area (Å²) >= 11 is 0. The van der Waals surface area contributed by atoms with Gasteiger partial charge in [0.05, 0.1) is 24.3 Å². The van der Waals surface area contributed by atoms with Crippen LogP contribution < -0.4 is 10.1 Å². The predicted molar refractivity (Wildman–Crippen MR) is 99.0 cm³/mol. The number of methoxy groups -OCH3 is 1. The summed E-state index contributed by atoms with van der Waals surface area (Å²) in [6.07, 6.45) is 1.32. The highest BCUT2D eigenvalue weighted by molar-refractivity contribution is 6.00. The number of amides is 1. The summed E-state index contributed by atoms with van der Waals surface area (Å²) in [5.74, 6) is -0.766. The third kappa shape index (κ3) is 3.96. The lowest BCUT2D eigenvalue weighted by molar-refractivity contribution is -0.143. The molecular weight excluding hydrogens is 332 g/mol. The van der Waals surface area contributed by atoms with E-state index in [0.717, 1.165) is 11.4 Å². The molecule has 0 aromatic heterocycles. The van der Waals surface area contributed by atoms with Crippen LogP contribution in [0, 0.1) is 5.92 Å². The third-order valence-corrected chi connectivity index (χ3v) is 4.56. The predicted octanol–water partition coefficient (Wildman–Crippen LogP) is 3.38. The number of piperidine rings is 1. The Kier molecular flexibility index (Phi) is 5.41. The number of rotatable bonds is 5. The molecule has 2 aromatic rings. The first-order valence-electron chi connectivity index (χ1n) is 8.60. The summed E-state index contributed by atoms with van der Waals surface area (Å²) in [4.78, 5) is 25.9. The van der Waals surface area contributed by atoms with Crippen LogP contribution >= 0.6 is 0 Å². The number of carboxylic acids is 1. The first kappa shape index (κ1) is 17.8. The Balaban J connectivity index is 1.82. The normalized spacial score (nSPS) is 16.8. The second-order valence-corrected chi connectivity index (χ2v) is 6.33. The maximum Gasteiger partial charge on any atom is 0.308 e. The molecule has 0 spiro atoms. The van der Waals surface area contributed by atoms with Crippen molar-refractivity contribution in [3.63, 3.8) is 0 Å². The Labute approximate surface area is 152 Å². The molecule has 1 atom stereocenters. The molecule has 2 N–H and O–H groups in total. The zero-order valence-corrected chi connectivity index (χ0v) is 14.6. The molecule has 26 heavy (non-hydrogen) atoms. The van der Waals surface area contributed by atoms with Gasteiger partial charge in [0.1, 0.15) is 5.75 Å². The number of likely N-dealkylation sites (tertiary alicyclic amines) is 1. The number of ether oxygens (including phenoxy) is 1. The van der Waals surface area contributed by atoms with Crippen molar-refractivity contribution in [3.05, 3.63) is 54.1 Å². The van der Waals surface area contributed by atoms with Crippen LogP contribution in [0.25, 0.3) is 0 Å². The van der Waals surface area contributed by atoms with Gasteiger partial charge in [-0.25, -0.2) is 0 Å². The number of carbonyl (C=O) groups excluding carboxylic acids is 1. The average molecular weight is 354 g/mol. The Morgan fingerprint density at radius 3 is 2.77 bits per heavy atom. The van der Waals surface area contributed by atoms with E-state index < -0.39 is 11.9 Å². The third-order valence-electron chi connectivity index (χ3n) is 4.56. The number of hydrogen-bond acceptors (Lipinski definition) is 4. The quantitative estimate of drug-likeness (QED) is 0.861. The summed E-state index contributed by atoms with van der Waals surface area (Å²) < 4.78 is 5.23. The van der Waals surface area contributed by atoms with Crippen molar-refractivity contribution in [1.29, 1.82) is 0 Å². The molecule has 1 aliphatic rings. The number of para-hydroxylation sites is 1. The van der Waals surface area contributed by atoms with Crippen LogP contribution in [0.2, 0.25) is 0 Å². The molecule has 1 heterocycles. The van der Waals surface area contributed by atoms with Gasteiger partial charge in [-0.3, -0.25) is 9.59 Å². The molecule has 0 bridgehead atoms. The molecule has 1 aliphatic heterocycles. The number of nitrogens with zero attached hydrogens (tertiary/aromatic N) is 1. The van der Waals surface area contributed by atoms with Crippen molar-refractivity contribution in [2.75, 3.05) is 25.5 Å². The van der Waals surface area contributed by atoms with Crippen molar-refractivity contribution in [2.24, 2.45) is 5.92 Å². The van der Waals surface area contributed by atoms with Crippen molar-refractivity contribution in [2.45, 2.75) is 12.8 Å². The van der Waals surface area contributed by atoms with E-state index in [1.165, 1.54) is 0 Å². The van der Waals surface area contributed by atoms with Gasteiger partial charge < -0.3 is 20.1 Å². The van der Waals surface area contributed by atoms with E-state index in [2.05, 4.69) is 5.32 Å². The van der Waals surface area contributed by atoms with Gasteiger partial charge in [0.15, 0.2) is 0 Å². The van der Waals surface area contributed by atoms with Crippen LogP contribution in [-0.2, 0) is 4.79 Å². The highest BCUT2D eigenvalue weighted by Crippen LogP contribution is 2.26. The van der Waals surface area contributed by atoms with Gasteiger partial charge in [0, 0.05) is 24.8 Å². The first-order valence-corrected chi connectivity index (χ1v) is 8.60. The van der Waals surface area contributed by atoms with Crippen LogP contribution in [0.5, 0.6) is 5.75 Å². The maximum absolute atomic E-state index is 13.0. The van der Waals surface area contributed by atoms with E-state index >= 15 is 0 Å². The Morgan fingerprint density at radius 2 is 2.00 bits per heavy atom. The van der Waals surface area contributed by atoms with Crippen molar-refractivity contribution in [1.82, 2.24) is 4.90 Å². The molecule has 0 saturated carbocycles. The fraction of sp³-hybridized carbons (Fsp3) is 0.300. The monoisotopic (exact) mass is 354 g/mol. The molecule has 6 heteroatoms. The summed E-state index contributed by atoms with van der Waals surface area (Å²) in [6, 6.07) is 14.7. The molecule has 0 radical (unpaired) electrons. The Bertz CT molecular complexity index is 806. The summed E-state index contributed by atoms with van der Waals surface area (Å²) in [5.41, 5.74) is 2.02. The molecule has 6 nitrogen and oxygen atoms in total. The summed E-state index contributed by atoms with van der Waals surface area (Å²) in [5, 5.41) is 12.5. The van der Waals surface area contributed by atoms with Gasteiger partial charge in [0.25, 0.3) is 5.91 Å². The molecule has 3 rings (SSSR count). The lowest BCUT2D eigenvalue weighted by atomic mass is 9.97. The van der Waals surface area contributed by atoms with E-state index in [4.69, 9.17) is 4.74 Å². The minimum Gasteiger partial charge on any atom is -0.497 e. The van der Waals surface area contributed by atoms with Crippen LogP contribution in [0.15, 0.2) is 48.5 Å². The lowest BCUT2D eigenvalue weighted by Crippen LogP contribution is -2.42. The fourth-order valence-corrected chi connectivity index (χ4v) is 3.17. The number of anilines is 2. The smallest absolute Gasteiger partial charge is 0.308 e. The van der Waals surface area contributed by atoms with Crippen molar-refractivity contribution >= 4 is 23.3 Å². The molecule has 0 aliphatic carbocycles. The van der Waals surface area contributed by atoms with Gasteiger partial charge in [-0.1, -0.05) is 18.2 Å². The van der Waals surface area contributed by atoms with Crippen LogP contribution in [0.1, 0.15) is 23.2 Å². The minimum atomic E-state index is -0.842. The van der Waals surface area contributed by atoms with Gasteiger partial charge in [-0.15, -0.1) is 0 Å². The van der Waals surface area contributed by atoms with Crippen LogP contribution in [0.3, 0.4) is 0 Å². The first-order chi connectivity index (χ1) is 12.6. The molecule has 1 saturated heterocycles. The number of aliphatic carboxylic acids is 1. The molecule has 1 amide bonds. The van der Waals surface area contributed by atoms with Gasteiger partial charge in [0.2, 0.25) is 0 Å². The number of nitrogens with one attached hydrogen (secondary N) is 1. The maximum atomic E-state index is 13.0. The van der Waals surface area contributed by atoms with E-state index in [9.17, 15) is 14.7 Å². The topological polar surface area (TPSA) is 78.9 Å². The van der Waals surface area contributed by atoms with Crippen LogP contribution in [0.4, 0.5) is 11.4 Å². The number of benzene rings is 2. The molecule has 2 aromatic carbocycles. The second kappa shape index (κ2) is 7.91. The molecule has 136 valence electrons. The van der Waals surface area contributed by atoms with Crippen molar-refractivity contribution in [3.8, 4) is 5.75 Å². The fourth-order valence-electron chi connectivity index (χ4n) is 3.17. The highest BCUT2D eigenvalue weighted by atomic mass is 16.5. The van der Waals surface area contributed by atoms with E-state index in [0.29, 0.717) is 30.6 Å². The summed E-state index contributed by atoms with van der Waals surface area (Å²) in [7, 11) is 1.60. The molecular formula is C20H22N2O4. The molecule has 0 unspecified atom stereocenters. The Hall–Kier alpha value is -3.02. The SMILES string of the molecule is COc1cccc(Nc2ccccc2C(=O)N2CCC[C@H](C(=O)O)C2)c1. The number of carbonyl (C=O) groups is 2. The lowest BCUT2D eigenvalue weighted by Gasteiger charge is -2.31. The van der Waals surface area contributed by atoms with Gasteiger partial charge in [-0.2, -0.15) is 0 Å². The largest absolute Gasteiger partial charge is 0.497 e. The second-order valence-electron chi connectivity index (χ2n) is 6.33. The summed E-state index contributed by atoms with van der Waals surface area (Å²) in [6.45, 7) is 0.831. The van der Waals surface area contributed by atoms with E-state index in [1.807, 2.05) is 42.5 Å². The number of carboxylic acid groups (broad SMARTS) is 1. The highest BCUT2D eigenvalue weighted by Gasteiger charge is 2.29. The zero-order valence-electron chi connectivity index (χ0n) is 14.6. The van der Waals surface area contributed by atoms with E-state index in [1.54, 1.807) is 18.1 Å². The van der Waals surface area contributed by atoms with Crippen LogP contribution in [-0.4, -0.2) is 42.1 Å².